The zero-order valence-corrected chi connectivity index (χ0v) is 22.7. The van der Waals surface area contributed by atoms with Gasteiger partial charge in [0.05, 0.1) is 48.2 Å². The van der Waals surface area contributed by atoms with E-state index in [-0.39, 0.29) is 12.2 Å². The Balaban J connectivity index is 1.46. The van der Waals surface area contributed by atoms with Crippen molar-refractivity contribution in [3.8, 4) is 0 Å². The van der Waals surface area contributed by atoms with Gasteiger partial charge in [-0.25, -0.2) is 9.79 Å². The van der Waals surface area contributed by atoms with Crippen LogP contribution in [0.4, 0.5) is 0 Å². The molecule has 0 aliphatic carbocycles. The Labute approximate surface area is 229 Å². The quantitative estimate of drug-likeness (QED) is 0.347. The van der Waals surface area contributed by atoms with Gasteiger partial charge in [-0.2, -0.15) is 0 Å². The van der Waals surface area contributed by atoms with Gasteiger partial charge in [0.2, 0.25) is 0 Å². The van der Waals surface area contributed by atoms with Gasteiger partial charge in [-0.15, -0.1) is 0 Å². The van der Waals surface area contributed by atoms with E-state index in [2.05, 4.69) is 9.89 Å². The Morgan fingerprint density at radius 3 is 2.74 bits per heavy atom. The van der Waals surface area contributed by atoms with E-state index in [0.717, 1.165) is 48.4 Å². The van der Waals surface area contributed by atoms with Crippen LogP contribution >= 0.6 is 11.3 Å². The molecule has 6 rings (SSSR count). The number of furan rings is 1. The van der Waals surface area contributed by atoms with E-state index in [1.807, 2.05) is 54.6 Å². The van der Waals surface area contributed by atoms with Crippen LogP contribution in [0, 0.1) is 0 Å². The second kappa shape index (κ2) is 10.8. The fourth-order valence-corrected chi connectivity index (χ4v) is 6.27. The standard InChI is InChI=1S/C30H29N3O5S/c1-3-37-29(35)26-19(2)31-30-33(27(26)24-10-6-8-20-7-4-5-9-23(20)24)28(34)25(39-30)17-21-11-12-22(38-21)18-32-13-15-36-16-14-32/h4-12,17,27H,3,13-16,18H2,1-2H3/b25-17+/t27-/m0/s1. The van der Waals surface area contributed by atoms with E-state index in [4.69, 9.17) is 13.9 Å². The van der Waals surface area contributed by atoms with Crippen molar-refractivity contribution in [1.29, 1.82) is 0 Å². The van der Waals surface area contributed by atoms with Crippen LogP contribution in [0.3, 0.4) is 0 Å². The first kappa shape index (κ1) is 25.5. The van der Waals surface area contributed by atoms with Crippen LogP contribution in [-0.4, -0.2) is 48.3 Å². The van der Waals surface area contributed by atoms with Crippen LogP contribution in [-0.2, 0) is 20.8 Å². The Morgan fingerprint density at radius 1 is 1.13 bits per heavy atom. The molecule has 1 atom stereocenters. The molecule has 9 heteroatoms. The molecular formula is C30H29N3O5S. The van der Waals surface area contributed by atoms with Crippen molar-refractivity contribution >= 4 is 34.2 Å². The number of esters is 1. The predicted molar refractivity (Wildman–Crippen MR) is 149 cm³/mol. The maximum atomic E-state index is 13.9. The topological polar surface area (TPSA) is 86.3 Å². The lowest BCUT2D eigenvalue weighted by Gasteiger charge is -2.25. The number of ether oxygens (including phenoxy) is 2. The summed E-state index contributed by atoms with van der Waals surface area (Å²) in [5.41, 5.74) is 1.55. The first-order valence-electron chi connectivity index (χ1n) is 13.1. The molecule has 0 saturated carbocycles. The highest BCUT2D eigenvalue weighted by Gasteiger charge is 2.34. The predicted octanol–water partition coefficient (Wildman–Crippen LogP) is 3.38. The van der Waals surface area contributed by atoms with Crippen LogP contribution in [0.5, 0.6) is 0 Å². The molecule has 2 aliphatic rings. The van der Waals surface area contributed by atoms with Gasteiger partial charge >= 0.3 is 5.97 Å². The second-order valence-electron chi connectivity index (χ2n) is 9.56. The molecule has 1 fully saturated rings. The number of hydrogen-bond donors (Lipinski definition) is 0. The molecular weight excluding hydrogens is 514 g/mol. The molecule has 2 aromatic heterocycles. The Hall–Kier alpha value is -3.79. The van der Waals surface area contributed by atoms with Gasteiger partial charge in [-0.3, -0.25) is 14.3 Å². The fraction of sp³-hybridized carbons (Fsp3) is 0.300. The third-order valence-corrected chi connectivity index (χ3v) is 8.06. The van der Waals surface area contributed by atoms with Gasteiger partial charge in [0.25, 0.3) is 5.56 Å². The highest BCUT2D eigenvalue weighted by Crippen LogP contribution is 2.34. The summed E-state index contributed by atoms with van der Waals surface area (Å²) < 4.78 is 19.0. The molecule has 2 aromatic carbocycles. The number of nitrogens with zero attached hydrogens (tertiary/aromatic N) is 3. The molecule has 4 aromatic rings. The number of benzene rings is 2. The third-order valence-electron chi connectivity index (χ3n) is 7.07. The van der Waals surface area contributed by atoms with Gasteiger partial charge in [0.15, 0.2) is 4.80 Å². The van der Waals surface area contributed by atoms with Crippen molar-refractivity contribution in [1.82, 2.24) is 9.47 Å². The number of carbonyl (C=O) groups excluding carboxylic acids is 1. The van der Waals surface area contributed by atoms with E-state index >= 15 is 0 Å². The minimum atomic E-state index is -0.665. The Morgan fingerprint density at radius 2 is 1.92 bits per heavy atom. The molecule has 39 heavy (non-hydrogen) atoms. The molecule has 0 unspecified atom stereocenters. The summed E-state index contributed by atoms with van der Waals surface area (Å²) in [4.78, 5) is 34.7. The van der Waals surface area contributed by atoms with Crippen LogP contribution < -0.4 is 14.9 Å². The minimum absolute atomic E-state index is 0.225. The average Bonchev–Trinajstić information content (AvgIpc) is 3.51. The Kier molecular flexibility index (Phi) is 7.03. The van der Waals surface area contributed by atoms with E-state index in [9.17, 15) is 9.59 Å². The summed E-state index contributed by atoms with van der Waals surface area (Å²) in [5.74, 6) is 0.973. The first-order valence-corrected chi connectivity index (χ1v) is 13.9. The van der Waals surface area contributed by atoms with Crippen molar-refractivity contribution < 1.29 is 18.7 Å². The number of hydrogen-bond acceptors (Lipinski definition) is 8. The van der Waals surface area contributed by atoms with E-state index in [1.165, 1.54) is 11.3 Å². The number of allylic oxidation sites excluding steroid dienone is 1. The fourth-order valence-electron chi connectivity index (χ4n) is 5.24. The maximum Gasteiger partial charge on any atom is 0.338 e. The first-order chi connectivity index (χ1) is 19.0. The number of rotatable bonds is 6. The van der Waals surface area contributed by atoms with Crippen molar-refractivity contribution in [2.24, 2.45) is 4.99 Å². The zero-order chi connectivity index (χ0) is 26.9. The van der Waals surface area contributed by atoms with Crippen LogP contribution in [0.15, 0.2) is 80.1 Å². The SMILES string of the molecule is CCOC(=O)C1=C(C)N=c2s/c(=C/c3ccc(CN4CCOCC4)o3)c(=O)n2[C@H]1c1cccc2ccccc12. The molecule has 0 N–H and O–H groups in total. The van der Waals surface area contributed by atoms with Gasteiger partial charge < -0.3 is 13.9 Å². The third kappa shape index (κ3) is 4.89. The van der Waals surface area contributed by atoms with Crippen molar-refractivity contribution in [2.75, 3.05) is 32.9 Å². The summed E-state index contributed by atoms with van der Waals surface area (Å²) in [6, 6.07) is 17.1. The van der Waals surface area contributed by atoms with Crippen LogP contribution in [0.1, 0.15) is 37.0 Å². The summed E-state index contributed by atoms with van der Waals surface area (Å²) in [5, 5.41) is 1.99. The molecule has 0 amide bonds. The van der Waals surface area contributed by atoms with E-state index < -0.39 is 12.0 Å². The molecule has 0 radical (unpaired) electrons. The lowest BCUT2D eigenvalue weighted by atomic mass is 9.91. The normalized spacial score (nSPS) is 18.3. The van der Waals surface area contributed by atoms with Gasteiger partial charge in [0, 0.05) is 19.2 Å². The highest BCUT2D eigenvalue weighted by molar-refractivity contribution is 7.07. The molecule has 8 nitrogen and oxygen atoms in total. The number of thiazole rings is 1. The molecule has 200 valence electrons. The lowest BCUT2D eigenvalue weighted by Crippen LogP contribution is -2.40. The minimum Gasteiger partial charge on any atom is -0.463 e. The van der Waals surface area contributed by atoms with Gasteiger partial charge in [0.1, 0.15) is 11.5 Å². The number of morpholine rings is 1. The van der Waals surface area contributed by atoms with Gasteiger partial charge in [-0.1, -0.05) is 53.8 Å². The number of carbonyl (C=O) groups is 1. The summed E-state index contributed by atoms with van der Waals surface area (Å²) in [6.07, 6.45) is 1.76. The number of fused-ring (bicyclic) bond motifs is 2. The Bertz CT molecular complexity index is 1750. The van der Waals surface area contributed by atoms with Gasteiger partial charge in [-0.05, 0) is 42.3 Å². The summed E-state index contributed by atoms with van der Waals surface area (Å²) in [6.45, 7) is 7.67. The van der Waals surface area contributed by atoms with Crippen LogP contribution in [0.25, 0.3) is 16.8 Å². The van der Waals surface area contributed by atoms with E-state index in [1.54, 1.807) is 24.5 Å². The van der Waals surface area contributed by atoms with Crippen molar-refractivity contribution in [2.45, 2.75) is 26.4 Å². The molecule has 0 bridgehead atoms. The van der Waals surface area contributed by atoms with E-state index in [0.29, 0.717) is 32.9 Å². The summed E-state index contributed by atoms with van der Waals surface area (Å²) >= 11 is 1.29. The average molecular weight is 544 g/mol. The smallest absolute Gasteiger partial charge is 0.338 e. The second-order valence-corrected chi connectivity index (χ2v) is 10.6. The largest absolute Gasteiger partial charge is 0.463 e. The molecule has 0 spiro atoms. The highest BCUT2D eigenvalue weighted by atomic mass is 32.1. The van der Waals surface area contributed by atoms with Crippen LogP contribution in [0.2, 0.25) is 0 Å². The van der Waals surface area contributed by atoms with Crippen molar-refractivity contribution in [3.63, 3.8) is 0 Å². The number of aromatic nitrogens is 1. The lowest BCUT2D eigenvalue weighted by molar-refractivity contribution is -0.139. The van der Waals surface area contributed by atoms with Crippen molar-refractivity contribution in [3.05, 3.63) is 103 Å². The molecule has 1 saturated heterocycles. The molecule has 2 aliphatic heterocycles. The monoisotopic (exact) mass is 543 g/mol. The maximum absolute atomic E-state index is 13.9. The summed E-state index contributed by atoms with van der Waals surface area (Å²) in [7, 11) is 0. The zero-order valence-electron chi connectivity index (χ0n) is 21.9. The molecule has 4 heterocycles.